The van der Waals surface area contributed by atoms with Gasteiger partial charge < -0.3 is 5.32 Å². The number of aryl methyl sites for hydroxylation is 2. The lowest BCUT2D eigenvalue weighted by Gasteiger charge is -2.05. The Kier molecular flexibility index (Phi) is 4.36. The van der Waals surface area contributed by atoms with Crippen molar-refractivity contribution in [2.75, 3.05) is 12.4 Å². The van der Waals surface area contributed by atoms with Crippen molar-refractivity contribution in [3.05, 3.63) is 17.5 Å². The van der Waals surface area contributed by atoms with Gasteiger partial charge >= 0.3 is 0 Å². The van der Waals surface area contributed by atoms with Gasteiger partial charge in [-0.15, -0.1) is 0 Å². The highest BCUT2D eigenvalue weighted by atomic mass is 15.1. The predicted octanol–water partition coefficient (Wildman–Crippen LogP) is 2.56. The highest BCUT2D eigenvalue weighted by Crippen LogP contribution is 2.10. The van der Waals surface area contributed by atoms with Crippen LogP contribution in [0.25, 0.3) is 0 Å². The molecule has 0 radical (unpaired) electrons. The summed E-state index contributed by atoms with van der Waals surface area (Å²) in [4.78, 5) is 8.56. The Bertz CT molecular complexity index is 284. The Morgan fingerprint density at radius 1 is 1.36 bits per heavy atom. The quantitative estimate of drug-likeness (QED) is 0.730. The molecule has 0 saturated carbocycles. The van der Waals surface area contributed by atoms with E-state index in [2.05, 4.69) is 22.2 Å². The normalized spacial score (nSPS) is 10.2. The summed E-state index contributed by atoms with van der Waals surface area (Å²) in [7, 11) is 1.84. The van der Waals surface area contributed by atoms with E-state index in [-0.39, 0.29) is 0 Å². The molecule has 78 valence electrons. The van der Waals surface area contributed by atoms with Gasteiger partial charge in [0.05, 0.1) is 0 Å². The first-order valence-electron chi connectivity index (χ1n) is 5.28. The SMILES string of the molecule is CCCCCc1cnc(NC)nc1C. The minimum absolute atomic E-state index is 0.710. The summed E-state index contributed by atoms with van der Waals surface area (Å²) in [6.45, 7) is 4.26. The Morgan fingerprint density at radius 2 is 2.14 bits per heavy atom. The molecule has 0 bridgehead atoms. The molecule has 3 nitrogen and oxygen atoms in total. The largest absolute Gasteiger partial charge is 0.357 e. The van der Waals surface area contributed by atoms with Crippen molar-refractivity contribution < 1.29 is 0 Å². The first-order valence-corrected chi connectivity index (χ1v) is 5.28. The Morgan fingerprint density at radius 3 is 2.71 bits per heavy atom. The van der Waals surface area contributed by atoms with Crippen LogP contribution in [-0.2, 0) is 6.42 Å². The summed E-state index contributed by atoms with van der Waals surface area (Å²) in [5.41, 5.74) is 2.37. The van der Waals surface area contributed by atoms with Gasteiger partial charge in [0.2, 0.25) is 5.95 Å². The van der Waals surface area contributed by atoms with E-state index < -0.39 is 0 Å². The Balaban J connectivity index is 2.59. The van der Waals surface area contributed by atoms with Crippen LogP contribution in [0, 0.1) is 6.92 Å². The molecule has 3 heteroatoms. The van der Waals surface area contributed by atoms with Crippen molar-refractivity contribution in [2.24, 2.45) is 0 Å². The molecule has 0 amide bonds. The first-order chi connectivity index (χ1) is 6.77. The van der Waals surface area contributed by atoms with Crippen LogP contribution in [0.5, 0.6) is 0 Å². The summed E-state index contributed by atoms with van der Waals surface area (Å²) >= 11 is 0. The molecule has 0 aromatic carbocycles. The molecule has 1 aromatic heterocycles. The molecule has 14 heavy (non-hydrogen) atoms. The van der Waals surface area contributed by atoms with Crippen molar-refractivity contribution in [3.8, 4) is 0 Å². The van der Waals surface area contributed by atoms with Crippen molar-refractivity contribution in [2.45, 2.75) is 39.5 Å². The maximum Gasteiger partial charge on any atom is 0.222 e. The van der Waals surface area contributed by atoms with Crippen LogP contribution in [0.1, 0.15) is 37.4 Å². The molecule has 0 aliphatic rings. The molecule has 1 N–H and O–H groups in total. The van der Waals surface area contributed by atoms with Crippen LogP contribution < -0.4 is 5.32 Å². The minimum atomic E-state index is 0.710. The number of rotatable bonds is 5. The molecule has 0 atom stereocenters. The average Bonchev–Trinajstić information content (AvgIpc) is 2.20. The molecule has 0 aliphatic heterocycles. The maximum absolute atomic E-state index is 4.35. The molecule has 0 saturated heterocycles. The van der Waals surface area contributed by atoms with Crippen LogP contribution in [0.15, 0.2) is 6.20 Å². The monoisotopic (exact) mass is 193 g/mol. The second-order valence-electron chi connectivity index (χ2n) is 3.51. The van der Waals surface area contributed by atoms with E-state index in [0.717, 1.165) is 12.1 Å². The third-order valence-corrected chi connectivity index (χ3v) is 2.35. The number of nitrogens with zero attached hydrogens (tertiary/aromatic N) is 2. The fourth-order valence-corrected chi connectivity index (χ4v) is 1.42. The van der Waals surface area contributed by atoms with Crippen LogP contribution in [-0.4, -0.2) is 17.0 Å². The summed E-state index contributed by atoms with van der Waals surface area (Å²) in [5, 5.41) is 2.94. The van der Waals surface area contributed by atoms with E-state index in [1.807, 2.05) is 20.2 Å². The van der Waals surface area contributed by atoms with Gasteiger partial charge in [-0.05, 0) is 25.3 Å². The zero-order valence-corrected chi connectivity index (χ0v) is 9.30. The number of anilines is 1. The van der Waals surface area contributed by atoms with Gasteiger partial charge in [-0.2, -0.15) is 0 Å². The lowest BCUT2D eigenvalue weighted by molar-refractivity contribution is 0.711. The number of aromatic nitrogens is 2. The van der Waals surface area contributed by atoms with E-state index >= 15 is 0 Å². The summed E-state index contributed by atoms with van der Waals surface area (Å²) in [6.07, 6.45) is 6.81. The highest BCUT2D eigenvalue weighted by Gasteiger charge is 2.01. The van der Waals surface area contributed by atoms with Gasteiger partial charge in [0.25, 0.3) is 0 Å². The predicted molar refractivity (Wildman–Crippen MR) is 59.5 cm³/mol. The smallest absolute Gasteiger partial charge is 0.222 e. The van der Waals surface area contributed by atoms with E-state index in [1.165, 1.54) is 24.8 Å². The van der Waals surface area contributed by atoms with Crippen LogP contribution in [0.3, 0.4) is 0 Å². The first kappa shape index (κ1) is 11.0. The standard InChI is InChI=1S/C11H19N3/c1-4-5-6-7-10-8-13-11(12-3)14-9(10)2/h8H,4-7H2,1-3H3,(H,12,13,14). The third kappa shape index (κ3) is 2.98. The summed E-state index contributed by atoms with van der Waals surface area (Å²) < 4.78 is 0. The molecule has 0 fully saturated rings. The summed E-state index contributed by atoms with van der Waals surface area (Å²) in [6, 6.07) is 0. The lowest BCUT2D eigenvalue weighted by Crippen LogP contribution is -2.01. The van der Waals surface area contributed by atoms with Gasteiger partial charge in [0.15, 0.2) is 0 Å². The number of nitrogens with one attached hydrogen (secondary N) is 1. The molecule has 0 spiro atoms. The Hall–Kier alpha value is -1.12. The van der Waals surface area contributed by atoms with Crippen LogP contribution in [0.2, 0.25) is 0 Å². The zero-order chi connectivity index (χ0) is 10.4. The molecule has 1 rings (SSSR count). The highest BCUT2D eigenvalue weighted by molar-refractivity contribution is 5.28. The van der Waals surface area contributed by atoms with E-state index in [0.29, 0.717) is 5.95 Å². The van der Waals surface area contributed by atoms with E-state index in [1.54, 1.807) is 0 Å². The topological polar surface area (TPSA) is 37.8 Å². The van der Waals surface area contributed by atoms with Gasteiger partial charge in [-0.1, -0.05) is 19.8 Å². The van der Waals surface area contributed by atoms with Crippen molar-refractivity contribution in [3.63, 3.8) is 0 Å². The summed E-state index contributed by atoms with van der Waals surface area (Å²) in [5.74, 6) is 0.710. The molecular weight excluding hydrogens is 174 g/mol. The maximum atomic E-state index is 4.35. The van der Waals surface area contributed by atoms with Crippen LogP contribution in [0.4, 0.5) is 5.95 Å². The van der Waals surface area contributed by atoms with Crippen molar-refractivity contribution >= 4 is 5.95 Å². The fourth-order valence-electron chi connectivity index (χ4n) is 1.42. The fraction of sp³-hybridized carbons (Fsp3) is 0.636. The van der Waals surface area contributed by atoms with Crippen LogP contribution >= 0.6 is 0 Å². The minimum Gasteiger partial charge on any atom is -0.357 e. The molecule has 1 aromatic rings. The number of unbranched alkanes of at least 4 members (excludes halogenated alkanes) is 2. The second-order valence-corrected chi connectivity index (χ2v) is 3.51. The Labute approximate surface area is 86.0 Å². The van der Waals surface area contributed by atoms with Crippen molar-refractivity contribution in [1.29, 1.82) is 0 Å². The third-order valence-electron chi connectivity index (χ3n) is 2.35. The molecule has 0 unspecified atom stereocenters. The number of hydrogen-bond acceptors (Lipinski definition) is 3. The molecule has 0 aliphatic carbocycles. The van der Waals surface area contributed by atoms with Gasteiger partial charge in [-0.3, -0.25) is 0 Å². The molecular formula is C11H19N3. The average molecular weight is 193 g/mol. The zero-order valence-electron chi connectivity index (χ0n) is 9.30. The number of hydrogen-bond donors (Lipinski definition) is 1. The second kappa shape index (κ2) is 5.58. The lowest BCUT2D eigenvalue weighted by atomic mass is 10.1. The van der Waals surface area contributed by atoms with E-state index in [4.69, 9.17) is 0 Å². The van der Waals surface area contributed by atoms with Gasteiger partial charge in [0, 0.05) is 18.9 Å². The van der Waals surface area contributed by atoms with Gasteiger partial charge in [-0.25, -0.2) is 9.97 Å². The van der Waals surface area contributed by atoms with E-state index in [9.17, 15) is 0 Å². The van der Waals surface area contributed by atoms with Gasteiger partial charge in [0.1, 0.15) is 0 Å². The van der Waals surface area contributed by atoms with Crippen molar-refractivity contribution in [1.82, 2.24) is 9.97 Å². The molecule has 1 heterocycles.